The number of hydrogen-bond acceptors (Lipinski definition) is 3. The molecule has 4 heteroatoms. The maximum absolute atomic E-state index is 12.2. The van der Waals surface area contributed by atoms with Crippen molar-refractivity contribution in [1.29, 1.82) is 0 Å². The first kappa shape index (κ1) is 17.3. The SMILES string of the molecule is CCOC(=O)C(=Cc1ccc(N(C)C)cc1)[Se]c1ccccc1. The number of hydrogen-bond donors (Lipinski definition) is 0. The number of carbonyl (C=O) groups is 1. The van der Waals surface area contributed by atoms with E-state index in [1.54, 1.807) is 0 Å². The first-order chi connectivity index (χ1) is 11.1. The van der Waals surface area contributed by atoms with Crippen LogP contribution >= 0.6 is 0 Å². The van der Waals surface area contributed by atoms with Crippen LogP contribution in [0.25, 0.3) is 6.08 Å². The molecule has 23 heavy (non-hydrogen) atoms. The molecule has 0 heterocycles. The van der Waals surface area contributed by atoms with E-state index in [0.717, 1.165) is 20.2 Å². The Bertz CT molecular complexity index is 664. The van der Waals surface area contributed by atoms with Crippen molar-refractivity contribution in [1.82, 2.24) is 0 Å². The van der Waals surface area contributed by atoms with Crippen molar-refractivity contribution >= 4 is 37.2 Å². The molecule has 0 atom stereocenters. The first-order valence-corrected chi connectivity index (χ1v) is 9.20. The van der Waals surface area contributed by atoms with Crippen molar-refractivity contribution in [3.8, 4) is 0 Å². The van der Waals surface area contributed by atoms with E-state index in [0.29, 0.717) is 6.61 Å². The number of carbonyl (C=O) groups excluding carboxylic acids is 1. The van der Waals surface area contributed by atoms with Gasteiger partial charge in [-0.2, -0.15) is 0 Å². The van der Waals surface area contributed by atoms with E-state index in [1.165, 1.54) is 0 Å². The molecule has 2 rings (SSSR count). The number of anilines is 1. The van der Waals surface area contributed by atoms with Crippen molar-refractivity contribution in [2.75, 3.05) is 25.6 Å². The number of rotatable bonds is 6. The molecule has 0 N–H and O–H groups in total. The fourth-order valence-electron chi connectivity index (χ4n) is 1.97. The van der Waals surface area contributed by atoms with Crippen molar-refractivity contribution in [3.63, 3.8) is 0 Å². The van der Waals surface area contributed by atoms with E-state index in [2.05, 4.69) is 0 Å². The summed E-state index contributed by atoms with van der Waals surface area (Å²) in [4.78, 5) is 14.3. The van der Waals surface area contributed by atoms with E-state index in [1.807, 2.05) is 86.6 Å². The second kappa shape index (κ2) is 8.56. The number of benzene rings is 2. The van der Waals surface area contributed by atoms with Gasteiger partial charge in [-0.1, -0.05) is 0 Å². The van der Waals surface area contributed by atoms with E-state index in [4.69, 9.17) is 4.74 Å². The number of esters is 1. The molecule has 0 aromatic heterocycles. The number of ether oxygens (including phenoxy) is 1. The molecule has 0 radical (unpaired) electrons. The van der Waals surface area contributed by atoms with Crippen LogP contribution in [-0.4, -0.2) is 41.6 Å². The zero-order valence-corrected chi connectivity index (χ0v) is 15.4. The maximum atomic E-state index is 12.2. The molecule has 0 saturated heterocycles. The van der Waals surface area contributed by atoms with Crippen LogP contribution in [0.15, 0.2) is 59.1 Å². The van der Waals surface area contributed by atoms with Crippen molar-refractivity contribution in [2.45, 2.75) is 6.92 Å². The van der Waals surface area contributed by atoms with Crippen molar-refractivity contribution in [2.24, 2.45) is 0 Å². The molecule has 0 spiro atoms. The topological polar surface area (TPSA) is 29.5 Å². The second-order valence-electron chi connectivity index (χ2n) is 5.13. The second-order valence-corrected chi connectivity index (χ2v) is 7.47. The molecule has 0 bridgehead atoms. The van der Waals surface area contributed by atoms with Gasteiger partial charge < -0.3 is 0 Å². The third kappa shape index (κ3) is 5.27. The summed E-state index contributed by atoms with van der Waals surface area (Å²) in [6.07, 6.45) is 1.93. The quantitative estimate of drug-likeness (QED) is 0.442. The molecular weight excluding hydrogens is 353 g/mol. The Morgan fingerprint density at radius 2 is 1.74 bits per heavy atom. The molecule has 2 aromatic carbocycles. The molecule has 0 unspecified atom stereocenters. The molecule has 0 aliphatic heterocycles. The standard InChI is InChI=1S/C19H21NO2Se/c1-4-22-19(21)18(23-17-8-6-5-7-9-17)14-15-10-12-16(13-11-15)20(2)3/h5-14H,4H2,1-3H3. The fraction of sp³-hybridized carbons (Fsp3) is 0.211. The van der Waals surface area contributed by atoms with Gasteiger partial charge in [-0.3, -0.25) is 0 Å². The zero-order chi connectivity index (χ0) is 16.7. The van der Waals surface area contributed by atoms with Gasteiger partial charge in [0.1, 0.15) is 0 Å². The van der Waals surface area contributed by atoms with Gasteiger partial charge in [-0.05, 0) is 0 Å². The predicted octanol–water partition coefficient (Wildman–Crippen LogP) is 2.69. The third-order valence-corrected chi connectivity index (χ3v) is 5.28. The summed E-state index contributed by atoms with van der Waals surface area (Å²) in [7, 11) is 4.01. The molecule has 0 amide bonds. The molecule has 0 aliphatic rings. The van der Waals surface area contributed by atoms with Crippen LogP contribution in [-0.2, 0) is 9.53 Å². The van der Waals surface area contributed by atoms with Crippen LogP contribution in [0.5, 0.6) is 0 Å². The predicted molar refractivity (Wildman–Crippen MR) is 97.2 cm³/mol. The van der Waals surface area contributed by atoms with Crippen LogP contribution < -0.4 is 9.36 Å². The van der Waals surface area contributed by atoms with Crippen LogP contribution in [0, 0.1) is 0 Å². The van der Waals surface area contributed by atoms with Gasteiger partial charge >= 0.3 is 144 Å². The van der Waals surface area contributed by atoms with Crippen molar-refractivity contribution < 1.29 is 9.53 Å². The Morgan fingerprint density at radius 3 is 2.30 bits per heavy atom. The van der Waals surface area contributed by atoms with Crippen LogP contribution in [0.2, 0.25) is 0 Å². The van der Waals surface area contributed by atoms with Gasteiger partial charge in [-0.15, -0.1) is 0 Å². The summed E-state index contributed by atoms with van der Waals surface area (Å²) in [6.45, 7) is 2.22. The average Bonchev–Trinajstić information content (AvgIpc) is 2.56. The summed E-state index contributed by atoms with van der Waals surface area (Å²) >= 11 is -0.0757. The summed E-state index contributed by atoms with van der Waals surface area (Å²) in [5.41, 5.74) is 2.14. The molecule has 2 aromatic rings. The van der Waals surface area contributed by atoms with Gasteiger partial charge in [0.25, 0.3) is 0 Å². The minimum atomic E-state index is -0.229. The Kier molecular flexibility index (Phi) is 6.45. The van der Waals surface area contributed by atoms with E-state index >= 15 is 0 Å². The summed E-state index contributed by atoms with van der Waals surface area (Å²) in [5, 5.41) is 0. The fourth-order valence-corrected chi connectivity index (χ4v) is 3.82. The van der Waals surface area contributed by atoms with Crippen LogP contribution in [0.1, 0.15) is 12.5 Å². The Labute approximate surface area is 144 Å². The first-order valence-electron chi connectivity index (χ1n) is 7.49. The van der Waals surface area contributed by atoms with Crippen molar-refractivity contribution in [3.05, 3.63) is 64.6 Å². The normalized spacial score (nSPS) is 11.2. The molecule has 0 fully saturated rings. The Balaban J connectivity index is 2.26. The summed E-state index contributed by atoms with van der Waals surface area (Å²) in [5.74, 6) is -0.229. The van der Waals surface area contributed by atoms with Gasteiger partial charge in [0.2, 0.25) is 0 Å². The summed E-state index contributed by atoms with van der Waals surface area (Å²) < 4.78 is 7.09. The Morgan fingerprint density at radius 1 is 1.09 bits per heavy atom. The van der Waals surface area contributed by atoms with Crippen LogP contribution in [0.3, 0.4) is 0 Å². The third-order valence-electron chi connectivity index (χ3n) is 3.15. The summed E-state index contributed by atoms with van der Waals surface area (Å²) in [6, 6.07) is 18.2. The van der Waals surface area contributed by atoms with E-state index in [-0.39, 0.29) is 20.9 Å². The molecular formula is C19H21NO2Se. The monoisotopic (exact) mass is 375 g/mol. The zero-order valence-electron chi connectivity index (χ0n) is 13.7. The number of nitrogens with zero attached hydrogens (tertiary/aromatic N) is 1. The molecule has 3 nitrogen and oxygen atoms in total. The van der Waals surface area contributed by atoms with Crippen LogP contribution in [0.4, 0.5) is 5.69 Å². The van der Waals surface area contributed by atoms with E-state index in [9.17, 15) is 4.79 Å². The van der Waals surface area contributed by atoms with Gasteiger partial charge in [0, 0.05) is 0 Å². The molecule has 0 aliphatic carbocycles. The van der Waals surface area contributed by atoms with Gasteiger partial charge in [0.05, 0.1) is 0 Å². The van der Waals surface area contributed by atoms with Gasteiger partial charge in [0.15, 0.2) is 0 Å². The molecule has 0 saturated carbocycles. The Hall–Kier alpha value is -2.03. The average molecular weight is 374 g/mol. The minimum absolute atomic E-state index is 0.0757. The molecule has 120 valence electrons. The van der Waals surface area contributed by atoms with Gasteiger partial charge in [-0.25, -0.2) is 0 Å². The van der Waals surface area contributed by atoms with E-state index < -0.39 is 0 Å².